The summed E-state index contributed by atoms with van der Waals surface area (Å²) in [6.07, 6.45) is 2.02. The van der Waals surface area contributed by atoms with Crippen LogP contribution in [0.4, 0.5) is 0 Å². The number of hydrogen-bond acceptors (Lipinski definition) is 2. The quantitative estimate of drug-likeness (QED) is 0.705. The molecule has 0 radical (unpaired) electrons. The van der Waals surface area contributed by atoms with Gasteiger partial charge in [-0.25, -0.2) is 0 Å². The molecule has 1 saturated heterocycles. The van der Waals surface area contributed by atoms with Crippen molar-refractivity contribution in [3.05, 3.63) is 0 Å². The topological polar surface area (TPSA) is 32.3 Å². The molecule has 1 rings (SSSR count). The molecule has 0 aromatic heterocycles. The number of likely N-dealkylation sites (N-methyl/N-ethyl adjacent to an activating group) is 1. The van der Waals surface area contributed by atoms with Gasteiger partial charge in [-0.15, -0.1) is 0 Å². The van der Waals surface area contributed by atoms with Crippen molar-refractivity contribution < 1.29 is 4.79 Å². The minimum Gasteiger partial charge on any atom is -0.352 e. The number of carbonyl (C=O) groups excluding carboxylic acids is 1. The highest BCUT2D eigenvalue weighted by molar-refractivity contribution is 5.78. The van der Waals surface area contributed by atoms with Crippen molar-refractivity contribution in [3.8, 4) is 0 Å². The van der Waals surface area contributed by atoms with Gasteiger partial charge in [-0.2, -0.15) is 0 Å². The van der Waals surface area contributed by atoms with Gasteiger partial charge in [0.05, 0.1) is 0 Å². The first-order valence-corrected chi connectivity index (χ1v) is 5.12. The Balaban J connectivity index is 2.28. The van der Waals surface area contributed by atoms with Crippen LogP contribution in [0.25, 0.3) is 0 Å². The molecule has 0 saturated carbocycles. The van der Waals surface area contributed by atoms with Crippen LogP contribution in [0.5, 0.6) is 0 Å². The number of nitrogens with one attached hydrogen (secondary N) is 1. The summed E-state index contributed by atoms with van der Waals surface area (Å²) in [5.41, 5.74) is 0. The first-order chi connectivity index (χ1) is 6.13. The molecule has 1 N–H and O–H groups in total. The first kappa shape index (κ1) is 10.5. The molecule has 3 heteroatoms. The highest BCUT2D eigenvalue weighted by Crippen LogP contribution is 2.08. The van der Waals surface area contributed by atoms with Crippen molar-refractivity contribution in [1.29, 1.82) is 0 Å². The Morgan fingerprint density at radius 1 is 1.69 bits per heavy atom. The van der Waals surface area contributed by atoms with Crippen molar-refractivity contribution in [3.63, 3.8) is 0 Å². The van der Waals surface area contributed by atoms with Crippen molar-refractivity contribution in [2.24, 2.45) is 5.92 Å². The molecule has 0 spiro atoms. The molecule has 1 aliphatic rings. The molecular formula is C10H20N2O. The van der Waals surface area contributed by atoms with Crippen LogP contribution in [0.3, 0.4) is 0 Å². The normalized spacial score (nSPS) is 25.9. The lowest BCUT2D eigenvalue weighted by Crippen LogP contribution is -2.39. The van der Waals surface area contributed by atoms with Gasteiger partial charge in [0.1, 0.15) is 0 Å². The standard InChI is InChI=1S/C10H20N2O/c1-4-8(2)10(13)11-9-5-6-12(3)7-9/h8-9H,4-7H2,1-3H3,(H,11,13)/t8?,9-/m1/s1. The van der Waals surface area contributed by atoms with Gasteiger partial charge in [-0.3, -0.25) is 4.79 Å². The maximum absolute atomic E-state index is 11.5. The Labute approximate surface area is 80.5 Å². The fourth-order valence-corrected chi connectivity index (χ4v) is 1.58. The fourth-order valence-electron chi connectivity index (χ4n) is 1.58. The van der Waals surface area contributed by atoms with Gasteiger partial charge in [0, 0.05) is 18.5 Å². The molecule has 2 atom stereocenters. The zero-order valence-electron chi connectivity index (χ0n) is 8.84. The maximum Gasteiger partial charge on any atom is 0.223 e. The second-order valence-electron chi connectivity index (χ2n) is 4.07. The average molecular weight is 184 g/mol. The highest BCUT2D eigenvalue weighted by Gasteiger charge is 2.22. The molecule has 1 aliphatic heterocycles. The number of likely N-dealkylation sites (tertiary alicyclic amines) is 1. The molecule has 1 heterocycles. The number of amides is 1. The SMILES string of the molecule is CCC(C)C(=O)N[C@@H]1CCN(C)C1. The zero-order chi connectivity index (χ0) is 9.84. The zero-order valence-corrected chi connectivity index (χ0v) is 8.84. The molecular weight excluding hydrogens is 164 g/mol. The van der Waals surface area contributed by atoms with E-state index in [0.29, 0.717) is 6.04 Å². The molecule has 0 aromatic rings. The van der Waals surface area contributed by atoms with Gasteiger partial charge < -0.3 is 10.2 Å². The van der Waals surface area contributed by atoms with E-state index >= 15 is 0 Å². The van der Waals surface area contributed by atoms with E-state index < -0.39 is 0 Å². The lowest BCUT2D eigenvalue weighted by molar-refractivity contribution is -0.125. The van der Waals surface area contributed by atoms with Gasteiger partial charge in [0.2, 0.25) is 5.91 Å². The van der Waals surface area contributed by atoms with E-state index in [1.165, 1.54) is 0 Å². The smallest absolute Gasteiger partial charge is 0.223 e. The maximum atomic E-state index is 11.5. The van der Waals surface area contributed by atoms with Gasteiger partial charge in [-0.1, -0.05) is 13.8 Å². The number of rotatable bonds is 3. The average Bonchev–Trinajstić information content (AvgIpc) is 2.49. The van der Waals surface area contributed by atoms with Crippen molar-refractivity contribution in [1.82, 2.24) is 10.2 Å². The van der Waals surface area contributed by atoms with Gasteiger partial charge >= 0.3 is 0 Å². The minimum atomic E-state index is 0.158. The summed E-state index contributed by atoms with van der Waals surface area (Å²) in [7, 11) is 2.09. The predicted octanol–water partition coefficient (Wildman–Crippen LogP) is 0.853. The van der Waals surface area contributed by atoms with Gasteiger partial charge in [0.15, 0.2) is 0 Å². The summed E-state index contributed by atoms with van der Waals surface area (Å²) < 4.78 is 0. The Morgan fingerprint density at radius 2 is 2.38 bits per heavy atom. The Morgan fingerprint density at radius 3 is 2.85 bits per heavy atom. The lowest BCUT2D eigenvalue weighted by atomic mass is 10.1. The van der Waals surface area contributed by atoms with Crippen LogP contribution in [0.2, 0.25) is 0 Å². The van der Waals surface area contributed by atoms with Crippen LogP contribution in [0.1, 0.15) is 26.7 Å². The van der Waals surface area contributed by atoms with E-state index in [4.69, 9.17) is 0 Å². The van der Waals surface area contributed by atoms with E-state index in [1.54, 1.807) is 0 Å². The molecule has 13 heavy (non-hydrogen) atoms. The molecule has 1 fully saturated rings. The van der Waals surface area contributed by atoms with E-state index in [1.807, 2.05) is 13.8 Å². The minimum absolute atomic E-state index is 0.158. The summed E-state index contributed by atoms with van der Waals surface area (Å²) in [5.74, 6) is 0.369. The second-order valence-corrected chi connectivity index (χ2v) is 4.07. The molecule has 0 bridgehead atoms. The van der Waals surface area contributed by atoms with Crippen LogP contribution < -0.4 is 5.32 Å². The Kier molecular flexibility index (Phi) is 3.72. The summed E-state index contributed by atoms with van der Waals surface area (Å²) >= 11 is 0. The third-order valence-electron chi connectivity index (χ3n) is 2.80. The van der Waals surface area contributed by atoms with E-state index in [2.05, 4.69) is 17.3 Å². The predicted molar refractivity (Wildman–Crippen MR) is 53.5 cm³/mol. The number of hydrogen-bond donors (Lipinski definition) is 1. The molecule has 1 amide bonds. The van der Waals surface area contributed by atoms with E-state index in [-0.39, 0.29) is 11.8 Å². The fraction of sp³-hybridized carbons (Fsp3) is 0.900. The monoisotopic (exact) mass is 184 g/mol. The van der Waals surface area contributed by atoms with Crippen LogP contribution in [-0.2, 0) is 4.79 Å². The molecule has 1 unspecified atom stereocenters. The Bertz CT molecular complexity index is 182. The first-order valence-electron chi connectivity index (χ1n) is 5.12. The van der Waals surface area contributed by atoms with Crippen LogP contribution in [0, 0.1) is 5.92 Å². The third-order valence-corrected chi connectivity index (χ3v) is 2.80. The van der Waals surface area contributed by atoms with E-state index in [0.717, 1.165) is 25.9 Å². The molecule has 76 valence electrons. The molecule has 0 aliphatic carbocycles. The van der Waals surface area contributed by atoms with Crippen molar-refractivity contribution in [2.45, 2.75) is 32.7 Å². The van der Waals surface area contributed by atoms with Gasteiger partial charge in [0.25, 0.3) is 0 Å². The summed E-state index contributed by atoms with van der Waals surface area (Å²) in [4.78, 5) is 13.8. The Hall–Kier alpha value is -0.570. The van der Waals surface area contributed by atoms with Crippen LogP contribution in [0.15, 0.2) is 0 Å². The third kappa shape index (κ3) is 2.99. The van der Waals surface area contributed by atoms with E-state index in [9.17, 15) is 4.79 Å². The van der Waals surface area contributed by atoms with Crippen LogP contribution >= 0.6 is 0 Å². The lowest BCUT2D eigenvalue weighted by Gasteiger charge is -2.15. The summed E-state index contributed by atoms with van der Waals surface area (Å²) in [5, 5.41) is 3.08. The summed E-state index contributed by atoms with van der Waals surface area (Å²) in [6.45, 7) is 6.13. The van der Waals surface area contributed by atoms with Gasteiger partial charge in [-0.05, 0) is 26.4 Å². The van der Waals surface area contributed by atoms with Crippen molar-refractivity contribution >= 4 is 5.91 Å². The van der Waals surface area contributed by atoms with Crippen molar-refractivity contribution in [2.75, 3.05) is 20.1 Å². The highest BCUT2D eigenvalue weighted by atomic mass is 16.1. The second kappa shape index (κ2) is 4.61. The summed E-state index contributed by atoms with van der Waals surface area (Å²) in [6, 6.07) is 0.381. The largest absolute Gasteiger partial charge is 0.352 e. The number of nitrogens with zero attached hydrogens (tertiary/aromatic N) is 1. The number of carbonyl (C=O) groups is 1. The molecule has 0 aromatic carbocycles. The van der Waals surface area contributed by atoms with Crippen LogP contribution in [-0.4, -0.2) is 37.0 Å². The molecule has 3 nitrogen and oxygen atoms in total.